The largest absolute Gasteiger partial charge is 0.360 e. The summed E-state index contributed by atoms with van der Waals surface area (Å²) in [7, 11) is 0. The first kappa shape index (κ1) is 6.16. The Morgan fingerprint density at radius 1 is 1.55 bits per heavy atom. The minimum atomic E-state index is 0.667. The maximum Gasteiger partial charge on any atom is 0.152 e. The van der Waals surface area contributed by atoms with E-state index in [9.17, 15) is 4.79 Å². The summed E-state index contributed by atoms with van der Waals surface area (Å²) in [6, 6.07) is 8.58. The van der Waals surface area contributed by atoms with Gasteiger partial charge in [-0.2, -0.15) is 0 Å². The number of carbonyl (C=O) groups is 1. The molecule has 1 heterocycles. The van der Waals surface area contributed by atoms with Crippen molar-refractivity contribution in [3.8, 4) is 0 Å². The smallest absolute Gasteiger partial charge is 0.152 e. The Morgan fingerprint density at radius 3 is 3.27 bits per heavy atom. The quantitative estimate of drug-likeness (QED) is 0.608. The van der Waals surface area contributed by atoms with Gasteiger partial charge in [-0.05, 0) is 12.1 Å². The normalized spacial score (nSPS) is 10.2. The molecule has 1 aromatic heterocycles. The fourth-order valence-corrected chi connectivity index (χ4v) is 1.12. The molecule has 1 radical (unpaired) electrons. The Bertz CT molecular complexity index is 389. The summed E-state index contributed by atoms with van der Waals surface area (Å²) in [4.78, 5) is 13.4. The van der Waals surface area contributed by atoms with Gasteiger partial charge in [0.05, 0.1) is 0 Å². The van der Waals surface area contributed by atoms with Gasteiger partial charge in [0.1, 0.15) is 0 Å². The SMILES string of the molecule is O=Cc1c[nH]c2ccc[c]c12. The van der Waals surface area contributed by atoms with Gasteiger partial charge in [-0.25, -0.2) is 0 Å². The lowest BCUT2D eigenvalue weighted by Crippen LogP contribution is -1.72. The summed E-state index contributed by atoms with van der Waals surface area (Å²) in [5.41, 5.74) is 1.62. The van der Waals surface area contributed by atoms with Crippen LogP contribution < -0.4 is 0 Å². The Hall–Kier alpha value is -1.57. The Labute approximate surface area is 63.8 Å². The number of benzene rings is 1. The maximum atomic E-state index is 10.4. The van der Waals surface area contributed by atoms with Gasteiger partial charge in [-0.15, -0.1) is 0 Å². The van der Waals surface area contributed by atoms with E-state index in [1.807, 2.05) is 12.1 Å². The van der Waals surface area contributed by atoms with Gasteiger partial charge in [-0.1, -0.05) is 12.1 Å². The molecule has 0 atom stereocenters. The van der Waals surface area contributed by atoms with Crippen LogP contribution in [0.3, 0.4) is 0 Å². The molecule has 0 saturated heterocycles. The van der Waals surface area contributed by atoms with Gasteiger partial charge < -0.3 is 4.98 Å². The van der Waals surface area contributed by atoms with E-state index in [0.29, 0.717) is 5.56 Å². The molecule has 0 bridgehead atoms. The summed E-state index contributed by atoms with van der Waals surface area (Å²) < 4.78 is 0. The summed E-state index contributed by atoms with van der Waals surface area (Å²) in [5, 5.41) is 0.863. The van der Waals surface area contributed by atoms with E-state index < -0.39 is 0 Å². The molecule has 2 rings (SSSR count). The fraction of sp³-hybridized carbons (Fsp3) is 0. The van der Waals surface area contributed by atoms with Gasteiger partial charge >= 0.3 is 0 Å². The molecule has 0 fully saturated rings. The van der Waals surface area contributed by atoms with Crippen molar-refractivity contribution in [3.63, 3.8) is 0 Å². The molecule has 0 spiro atoms. The number of H-pyrrole nitrogens is 1. The van der Waals surface area contributed by atoms with E-state index in [1.165, 1.54) is 0 Å². The van der Waals surface area contributed by atoms with E-state index in [4.69, 9.17) is 0 Å². The van der Waals surface area contributed by atoms with Crippen LogP contribution in [0, 0.1) is 6.07 Å². The number of nitrogens with one attached hydrogen (secondary N) is 1. The first-order chi connectivity index (χ1) is 5.42. The number of aldehydes is 1. The highest BCUT2D eigenvalue weighted by Gasteiger charge is 1.99. The molecule has 0 aliphatic carbocycles. The topological polar surface area (TPSA) is 32.9 Å². The van der Waals surface area contributed by atoms with Crippen LogP contribution in [0.15, 0.2) is 24.4 Å². The van der Waals surface area contributed by atoms with E-state index in [0.717, 1.165) is 17.2 Å². The van der Waals surface area contributed by atoms with Crippen molar-refractivity contribution in [2.45, 2.75) is 0 Å². The number of fused-ring (bicyclic) bond motifs is 1. The third-order valence-electron chi connectivity index (χ3n) is 1.65. The summed E-state index contributed by atoms with van der Waals surface area (Å²) in [6.45, 7) is 0. The highest BCUT2D eigenvalue weighted by atomic mass is 16.1. The van der Waals surface area contributed by atoms with Gasteiger partial charge in [0, 0.05) is 22.7 Å². The zero-order valence-electron chi connectivity index (χ0n) is 5.79. The summed E-state index contributed by atoms with van der Waals surface area (Å²) in [5.74, 6) is 0. The van der Waals surface area contributed by atoms with Gasteiger partial charge in [0.25, 0.3) is 0 Å². The summed E-state index contributed by atoms with van der Waals surface area (Å²) in [6.07, 6.45) is 2.52. The van der Waals surface area contributed by atoms with Crippen molar-refractivity contribution in [3.05, 3.63) is 36.0 Å². The predicted molar refractivity (Wildman–Crippen MR) is 42.5 cm³/mol. The van der Waals surface area contributed by atoms with Crippen LogP contribution >= 0.6 is 0 Å². The minimum Gasteiger partial charge on any atom is -0.360 e. The molecule has 0 unspecified atom stereocenters. The Kier molecular flexibility index (Phi) is 1.25. The molecule has 2 heteroatoms. The third-order valence-corrected chi connectivity index (χ3v) is 1.65. The standard InChI is InChI=1S/C9H6NO/c11-6-7-5-10-9-4-2-1-3-8(7)9/h1-2,4-6,10H. The molecule has 0 saturated carbocycles. The van der Waals surface area contributed by atoms with E-state index in [1.54, 1.807) is 12.3 Å². The third kappa shape index (κ3) is 0.835. The van der Waals surface area contributed by atoms with Crippen molar-refractivity contribution < 1.29 is 4.79 Å². The molecular weight excluding hydrogens is 138 g/mol. The first-order valence-electron chi connectivity index (χ1n) is 3.35. The average Bonchev–Trinajstić information content (AvgIpc) is 2.47. The zero-order valence-corrected chi connectivity index (χ0v) is 5.79. The molecule has 2 aromatic rings. The number of aromatic nitrogens is 1. The molecule has 0 amide bonds. The van der Waals surface area contributed by atoms with Crippen molar-refractivity contribution in [2.24, 2.45) is 0 Å². The van der Waals surface area contributed by atoms with Crippen LogP contribution in [-0.4, -0.2) is 11.3 Å². The zero-order chi connectivity index (χ0) is 7.68. The van der Waals surface area contributed by atoms with Crippen LogP contribution in [0.4, 0.5) is 0 Å². The summed E-state index contributed by atoms with van der Waals surface area (Å²) >= 11 is 0. The number of hydrogen-bond acceptors (Lipinski definition) is 1. The molecule has 11 heavy (non-hydrogen) atoms. The molecule has 0 aliphatic rings. The van der Waals surface area contributed by atoms with Crippen LogP contribution in [0.5, 0.6) is 0 Å². The van der Waals surface area contributed by atoms with E-state index in [2.05, 4.69) is 11.1 Å². The van der Waals surface area contributed by atoms with Gasteiger partial charge in [0.2, 0.25) is 0 Å². The van der Waals surface area contributed by atoms with E-state index >= 15 is 0 Å². The van der Waals surface area contributed by atoms with Gasteiger partial charge in [0.15, 0.2) is 6.29 Å². The minimum absolute atomic E-state index is 0.667. The molecule has 53 valence electrons. The highest BCUT2D eigenvalue weighted by Crippen LogP contribution is 2.14. The second-order valence-corrected chi connectivity index (χ2v) is 2.32. The maximum absolute atomic E-state index is 10.4. The lowest BCUT2D eigenvalue weighted by molar-refractivity contribution is 0.112. The van der Waals surface area contributed by atoms with Crippen LogP contribution in [0.25, 0.3) is 10.9 Å². The van der Waals surface area contributed by atoms with Crippen molar-refractivity contribution in [1.29, 1.82) is 0 Å². The molecule has 1 aromatic carbocycles. The number of carbonyl (C=O) groups excluding carboxylic acids is 1. The van der Waals surface area contributed by atoms with E-state index in [-0.39, 0.29) is 0 Å². The molecule has 2 nitrogen and oxygen atoms in total. The van der Waals surface area contributed by atoms with Crippen molar-refractivity contribution in [2.75, 3.05) is 0 Å². The lowest BCUT2D eigenvalue weighted by Gasteiger charge is -1.85. The fourth-order valence-electron chi connectivity index (χ4n) is 1.12. The molecular formula is C9H6NO. The monoisotopic (exact) mass is 144 g/mol. The highest BCUT2D eigenvalue weighted by molar-refractivity contribution is 5.96. The van der Waals surface area contributed by atoms with Crippen molar-refractivity contribution >= 4 is 17.2 Å². The number of rotatable bonds is 1. The number of hydrogen-bond donors (Lipinski definition) is 1. The first-order valence-corrected chi connectivity index (χ1v) is 3.35. The lowest BCUT2D eigenvalue weighted by atomic mass is 10.2. The number of aromatic amines is 1. The molecule has 0 aliphatic heterocycles. The Morgan fingerprint density at radius 2 is 2.45 bits per heavy atom. The van der Waals surface area contributed by atoms with Crippen LogP contribution in [0.1, 0.15) is 10.4 Å². The van der Waals surface area contributed by atoms with Crippen molar-refractivity contribution in [1.82, 2.24) is 4.98 Å². The van der Waals surface area contributed by atoms with Crippen LogP contribution in [0.2, 0.25) is 0 Å². The van der Waals surface area contributed by atoms with Gasteiger partial charge in [-0.3, -0.25) is 4.79 Å². The van der Waals surface area contributed by atoms with Crippen LogP contribution in [-0.2, 0) is 0 Å². The second-order valence-electron chi connectivity index (χ2n) is 2.32. The second kappa shape index (κ2) is 2.23. The average molecular weight is 144 g/mol. The predicted octanol–water partition coefficient (Wildman–Crippen LogP) is 1.78. The molecule has 1 N–H and O–H groups in total. The Balaban J connectivity index is 2.86.